The van der Waals surface area contributed by atoms with Gasteiger partial charge in [-0.1, -0.05) is 58.0 Å². The van der Waals surface area contributed by atoms with Crippen molar-refractivity contribution in [2.75, 3.05) is 0 Å². The fourth-order valence-electron chi connectivity index (χ4n) is 1.51. The van der Waals surface area contributed by atoms with E-state index in [9.17, 15) is 19.8 Å². The molecule has 122 valence electrons. The molecular formula is C14H8Cu2O4S2. The van der Waals surface area contributed by atoms with Crippen LogP contribution in [0.2, 0.25) is 0 Å². The molecule has 4 nitrogen and oxygen atoms in total. The Kier molecular flexibility index (Phi) is 9.60. The minimum atomic E-state index is -1.26. The molecule has 0 heterocycles. The first-order valence-corrected chi connectivity index (χ1v) is 7.70. The van der Waals surface area contributed by atoms with Crippen molar-refractivity contribution in [2.45, 2.75) is 9.79 Å². The van der Waals surface area contributed by atoms with Gasteiger partial charge in [0.05, 0.1) is 11.9 Å². The molecule has 0 spiro atoms. The van der Waals surface area contributed by atoms with Gasteiger partial charge in [-0.25, -0.2) is 0 Å². The molecule has 0 radical (unpaired) electrons. The molecule has 2 rings (SSSR count). The number of carboxylic acid groups (broad SMARTS) is 2. The third kappa shape index (κ3) is 5.39. The van der Waals surface area contributed by atoms with Gasteiger partial charge in [0, 0.05) is 20.9 Å². The Hall–Kier alpha value is -0.881. The van der Waals surface area contributed by atoms with Gasteiger partial charge in [-0.3, -0.25) is 0 Å². The molecule has 0 fully saturated rings. The van der Waals surface area contributed by atoms with E-state index in [2.05, 4.69) is 0 Å². The smallest absolute Gasteiger partial charge is 0.545 e. The van der Waals surface area contributed by atoms with Crippen LogP contribution < -0.4 is 10.2 Å². The molecule has 2 aromatic carbocycles. The SMILES string of the molecule is O=C([O-])c1ccccc1SSc1ccccc1C(=O)[O-].[Cu+].[Cu+]. The second kappa shape index (κ2) is 10.00. The van der Waals surface area contributed by atoms with Crippen molar-refractivity contribution in [1.29, 1.82) is 0 Å². The number of aromatic carboxylic acids is 2. The van der Waals surface area contributed by atoms with Crippen LogP contribution in [0.1, 0.15) is 20.7 Å². The molecule has 0 saturated carbocycles. The molecule has 8 heteroatoms. The molecule has 0 aliphatic rings. The van der Waals surface area contributed by atoms with Crippen LogP contribution in [-0.4, -0.2) is 11.9 Å². The van der Waals surface area contributed by atoms with Crippen molar-refractivity contribution in [3.8, 4) is 0 Å². The molecule has 0 aliphatic heterocycles. The van der Waals surface area contributed by atoms with Gasteiger partial charge in [-0.2, -0.15) is 0 Å². The third-order valence-corrected chi connectivity index (χ3v) is 4.92. The molecule has 0 bridgehead atoms. The summed E-state index contributed by atoms with van der Waals surface area (Å²) in [5.74, 6) is -2.52. The van der Waals surface area contributed by atoms with Crippen LogP contribution in [0.5, 0.6) is 0 Å². The summed E-state index contributed by atoms with van der Waals surface area (Å²) in [5.41, 5.74) is 0.159. The van der Waals surface area contributed by atoms with Crippen molar-refractivity contribution < 1.29 is 53.9 Å². The van der Waals surface area contributed by atoms with Crippen molar-refractivity contribution >= 4 is 33.5 Å². The van der Waals surface area contributed by atoms with Crippen molar-refractivity contribution in [2.24, 2.45) is 0 Å². The Labute approximate surface area is 156 Å². The second-order valence-corrected chi connectivity index (χ2v) is 5.95. The normalized spacial score (nSPS) is 9.27. The minimum absolute atomic E-state index is 0. The number of hydrogen-bond acceptors (Lipinski definition) is 6. The summed E-state index contributed by atoms with van der Waals surface area (Å²) in [6, 6.07) is 12.8. The Bertz CT molecular complexity index is 607. The van der Waals surface area contributed by atoms with E-state index in [4.69, 9.17) is 0 Å². The Morgan fingerprint density at radius 2 is 1.00 bits per heavy atom. The van der Waals surface area contributed by atoms with Crippen LogP contribution in [0.4, 0.5) is 0 Å². The largest absolute Gasteiger partial charge is 1.00 e. The summed E-state index contributed by atoms with van der Waals surface area (Å²) >= 11 is 0. The van der Waals surface area contributed by atoms with E-state index in [1.54, 1.807) is 36.4 Å². The third-order valence-electron chi connectivity index (χ3n) is 2.44. The molecule has 0 aliphatic carbocycles. The quantitative estimate of drug-likeness (QED) is 0.523. The van der Waals surface area contributed by atoms with E-state index in [0.717, 1.165) is 21.6 Å². The van der Waals surface area contributed by atoms with Crippen LogP contribution in [0, 0.1) is 0 Å². The standard InChI is InChI=1S/C14H10O4S2.2Cu/c15-13(16)9-5-1-3-7-11(9)19-20-12-8-4-2-6-10(12)14(17)18;;/h1-8H,(H,15,16)(H,17,18);;/q;2*+1/p-2. The zero-order valence-electron chi connectivity index (χ0n) is 10.7. The van der Waals surface area contributed by atoms with Crippen molar-refractivity contribution in [1.82, 2.24) is 0 Å². The van der Waals surface area contributed by atoms with Gasteiger partial charge < -0.3 is 19.8 Å². The first kappa shape index (κ1) is 21.1. The maximum Gasteiger partial charge on any atom is 1.00 e. The summed E-state index contributed by atoms with van der Waals surface area (Å²) in [5, 5.41) is 21.9. The predicted molar refractivity (Wildman–Crippen MR) is 73.3 cm³/mol. The molecule has 0 unspecified atom stereocenters. The molecular weight excluding hydrogens is 423 g/mol. The number of benzene rings is 2. The summed E-state index contributed by atoms with van der Waals surface area (Å²) in [7, 11) is 2.33. The van der Waals surface area contributed by atoms with E-state index in [-0.39, 0.29) is 45.3 Å². The summed E-state index contributed by atoms with van der Waals surface area (Å²) < 4.78 is 0. The molecule has 2 aromatic rings. The van der Waals surface area contributed by atoms with Crippen LogP contribution in [0.25, 0.3) is 0 Å². The molecule has 0 aromatic heterocycles. The van der Waals surface area contributed by atoms with Crippen LogP contribution in [0.15, 0.2) is 58.3 Å². The number of carboxylic acids is 2. The fraction of sp³-hybridized carbons (Fsp3) is 0. The number of rotatable bonds is 5. The van der Waals surface area contributed by atoms with E-state index in [1.807, 2.05) is 0 Å². The van der Waals surface area contributed by atoms with Gasteiger partial charge in [0.15, 0.2) is 0 Å². The average molecular weight is 431 g/mol. The number of carbonyl (C=O) groups excluding carboxylic acids is 2. The predicted octanol–water partition coefficient (Wildman–Crippen LogP) is 1.21. The maximum atomic E-state index is 11.0. The van der Waals surface area contributed by atoms with Gasteiger partial charge in [0.1, 0.15) is 0 Å². The first-order valence-electron chi connectivity index (χ1n) is 5.55. The van der Waals surface area contributed by atoms with Crippen LogP contribution in [-0.2, 0) is 34.1 Å². The van der Waals surface area contributed by atoms with Gasteiger partial charge >= 0.3 is 34.1 Å². The Balaban J connectivity index is 0.00000220. The maximum absolute atomic E-state index is 11.0. The zero-order chi connectivity index (χ0) is 14.5. The topological polar surface area (TPSA) is 80.3 Å². The molecule has 0 atom stereocenters. The first-order chi connectivity index (χ1) is 9.59. The molecule has 0 N–H and O–H groups in total. The van der Waals surface area contributed by atoms with Gasteiger partial charge in [0.2, 0.25) is 0 Å². The van der Waals surface area contributed by atoms with Crippen LogP contribution >= 0.6 is 21.6 Å². The van der Waals surface area contributed by atoms with E-state index in [1.165, 1.54) is 12.1 Å². The molecule has 0 saturated heterocycles. The van der Waals surface area contributed by atoms with E-state index in [0.29, 0.717) is 9.79 Å². The van der Waals surface area contributed by atoms with Gasteiger partial charge in [-0.15, -0.1) is 0 Å². The molecule has 22 heavy (non-hydrogen) atoms. The Morgan fingerprint density at radius 1 is 0.682 bits per heavy atom. The Morgan fingerprint density at radius 3 is 1.32 bits per heavy atom. The summed E-state index contributed by atoms with van der Waals surface area (Å²) in [6.45, 7) is 0. The number of hydrogen-bond donors (Lipinski definition) is 0. The monoisotopic (exact) mass is 430 g/mol. The molecule has 0 amide bonds. The minimum Gasteiger partial charge on any atom is -0.545 e. The zero-order valence-corrected chi connectivity index (χ0v) is 14.2. The second-order valence-electron chi connectivity index (χ2n) is 3.73. The van der Waals surface area contributed by atoms with Crippen LogP contribution in [0.3, 0.4) is 0 Å². The van der Waals surface area contributed by atoms with Gasteiger partial charge in [0.25, 0.3) is 0 Å². The van der Waals surface area contributed by atoms with Crippen molar-refractivity contribution in [3.05, 3.63) is 59.7 Å². The van der Waals surface area contributed by atoms with Crippen molar-refractivity contribution in [3.63, 3.8) is 0 Å². The average Bonchev–Trinajstić information content (AvgIpc) is 2.45. The van der Waals surface area contributed by atoms with E-state index < -0.39 is 11.9 Å². The number of carbonyl (C=O) groups is 2. The van der Waals surface area contributed by atoms with E-state index >= 15 is 0 Å². The van der Waals surface area contributed by atoms with Gasteiger partial charge in [-0.05, 0) is 12.1 Å². The summed E-state index contributed by atoms with van der Waals surface area (Å²) in [6.07, 6.45) is 0. The summed E-state index contributed by atoms with van der Waals surface area (Å²) in [4.78, 5) is 23.0. The fourth-order valence-corrected chi connectivity index (χ4v) is 3.85.